The zero-order valence-corrected chi connectivity index (χ0v) is 8.75. The number of halogens is 1. The van der Waals surface area contributed by atoms with Gasteiger partial charge in [-0.25, -0.2) is 4.98 Å². The van der Waals surface area contributed by atoms with Gasteiger partial charge in [-0.05, 0) is 41.0 Å². The van der Waals surface area contributed by atoms with Crippen LogP contribution < -0.4 is 10.1 Å². The fourth-order valence-electron chi connectivity index (χ4n) is 1.34. The average Bonchev–Trinajstić information content (AvgIpc) is 2.61. The standard InChI is InChI=1S/C9H11BrN2O/c10-8-2-1-4-12-9(8)13-7-3-5-11-6-7/h1-2,4,7,11H,3,5-6H2/t7-/m1/s1. The molecule has 0 radical (unpaired) electrons. The Hall–Kier alpha value is -0.610. The number of ether oxygens (including phenoxy) is 1. The molecule has 2 rings (SSSR count). The van der Waals surface area contributed by atoms with Crippen molar-refractivity contribution in [2.24, 2.45) is 0 Å². The summed E-state index contributed by atoms with van der Waals surface area (Å²) < 4.78 is 6.60. The molecule has 0 bridgehead atoms. The molecule has 0 aromatic carbocycles. The molecule has 3 nitrogen and oxygen atoms in total. The minimum Gasteiger partial charge on any atom is -0.472 e. The highest BCUT2D eigenvalue weighted by atomic mass is 79.9. The Bertz CT molecular complexity index is 287. The summed E-state index contributed by atoms with van der Waals surface area (Å²) in [5.41, 5.74) is 0. The Morgan fingerprint density at radius 2 is 2.54 bits per heavy atom. The number of rotatable bonds is 2. The number of nitrogens with one attached hydrogen (secondary N) is 1. The van der Waals surface area contributed by atoms with E-state index in [2.05, 4.69) is 26.2 Å². The first-order chi connectivity index (χ1) is 6.36. The van der Waals surface area contributed by atoms with Crippen molar-refractivity contribution >= 4 is 15.9 Å². The van der Waals surface area contributed by atoms with Crippen molar-refractivity contribution in [3.8, 4) is 5.88 Å². The van der Waals surface area contributed by atoms with E-state index in [0.29, 0.717) is 5.88 Å². The highest BCUT2D eigenvalue weighted by Crippen LogP contribution is 2.22. The average molecular weight is 243 g/mol. The molecule has 1 fully saturated rings. The number of hydrogen-bond acceptors (Lipinski definition) is 3. The molecular formula is C9H11BrN2O. The van der Waals surface area contributed by atoms with Gasteiger partial charge in [0.15, 0.2) is 0 Å². The maximum absolute atomic E-state index is 5.69. The molecule has 1 atom stereocenters. The third-order valence-corrected chi connectivity index (χ3v) is 2.62. The first kappa shape index (κ1) is 8.97. The molecule has 1 aliphatic heterocycles. The fourth-order valence-corrected chi connectivity index (χ4v) is 1.69. The van der Waals surface area contributed by atoms with Crippen molar-refractivity contribution < 1.29 is 4.74 Å². The summed E-state index contributed by atoms with van der Waals surface area (Å²) in [6.07, 6.45) is 3.07. The highest BCUT2D eigenvalue weighted by Gasteiger charge is 2.17. The van der Waals surface area contributed by atoms with E-state index in [-0.39, 0.29) is 6.10 Å². The molecule has 1 aliphatic rings. The first-order valence-corrected chi connectivity index (χ1v) is 5.13. The molecule has 13 heavy (non-hydrogen) atoms. The predicted octanol–water partition coefficient (Wildman–Crippen LogP) is 1.58. The Morgan fingerprint density at radius 3 is 3.23 bits per heavy atom. The summed E-state index contributed by atoms with van der Waals surface area (Å²) in [7, 11) is 0. The molecule has 0 saturated carbocycles. The first-order valence-electron chi connectivity index (χ1n) is 4.34. The molecule has 0 unspecified atom stereocenters. The maximum Gasteiger partial charge on any atom is 0.228 e. The molecule has 0 spiro atoms. The molecule has 1 N–H and O–H groups in total. The van der Waals surface area contributed by atoms with Gasteiger partial charge in [0.1, 0.15) is 6.10 Å². The van der Waals surface area contributed by atoms with Gasteiger partial charge in [0, 0.05) is 12.7 Å². The van der Waals surface area contributed by atoms with E-state index in [0.717, 1.165) is 24.0 Å². The number of aromatic nitrogens is 1. The lowest BCUT2D eigenvalue weighted by Gasteiger charge is -2.11. The monoisotopic (exact) mass is 242 g/mol. The third kappa shape index (κ3) is 2.19. The number of hydrogen-bond donors (Lipinski definition) is 1. The number of nitrogens with zero attached hydrogens (tertiary/aromatic N) is 1. The van der Waals surface area contributed by atoms with Crippen LogP contribution in [0.1, 0.15) is 6.42 Å². The predicted molar refractivity (Wildman–Crippen MR) is 53.8 cm³/mol. The third-order valence-electron chi connectivity index (χ3n) is 2.02. The van der Waals surface area contributed by atoms with E-state index in [9.17, 15) is 0 Å². The summed E-state index contributed by atoms with van der Waals surface area (Å²) in [5.74, 6) is 0.691. The second kappa shape index (κ2) is 4.07. The van der Waals surface area contributed by atoms with E-state index < -0.39 is 0 Å². The van der Waals surface area contributed by atoms with Crippen molar-refractivity contribution in [1.29, 1.82) is 0 Å². The summed E-state index contributed by atoms with van der Waals surface area (Å²) in [5, 5.41) is 3.24. The van der Waals surface area contributed by atoms with E-state index in [1.807, 2.05) is 12.1 Å². The Balaban J connectivity index is 2.04. The van der Waals surface area contributed by atoms with Crippen LogP contribution >= 0.6 is 15.9 Å². The summed E-state index contributed by atoms with van der Waals surface area (Å²) in [6, 6.07) is 3.81. The lowest BCUT2D eigenvalue weighted by atomic mass is 10.3. The second-order valence-electron chi connectivity index (χ2n) is 3.02. The van der Waals surface area contributed by atoms with Crippen molar-refractivity contribution in [2.45, 2.75) is 12.5 Å². The van der Waals surface area contributed by atoms with Gasteiger partial charge in [0.25, 0.3) is 0 Å². The van der Waals surface area contributed by atoms with Crippen LogP contribution in [0.15, 0.2) is 22.8 Å². The van der Waals surface area contributed by atoms with Crippen LogP contribution in [0.25, 0.3) is 0 Å². The Kier molecular flexibility index (Phi) is 2.80. The van der Waals surface area contributed by atoms with Gasteiger partial charge < -0.3 is 10.1 Å². The largest absolute Gasteiger partial charge is 0.472 e. The van der Waals surface area contributed by atoms with Crippen LogP contribution in [0.4, 0.5) is 0 Å². The van der Waals surface area contributed by atoms with Gasteiger partial charge in [0.05, 0.1) is 4.47 Å². The molecule has 2 heterocycles. The van der Waals surface area contributed by atoms with E-state index in [1.165, 1.54) is 0 Å². The van der Waals surface area contributed by atoms with Crippen LogP contribution in [0.2, 0.25) is 0 Å². The maximum atomic E-state index is 5.69. The summed E-state index contributed by atoms with van der Waals surface area (Å²) in [4.78, 5) is 4.14. The molecule has 0 aliphatic carbocycles. The zero-order chi connectivity index (χ0) is 9.10. The normalized spacial score (nSPS) is 21.8. The van der Waals surface area contributed by atoms with Crippen molar-refractivity contribution in [3.63, 3.8) is 0 Å². The molecule has 1 aromatic heterocycles. The van der Waals surface area contributed by atoms with Crippen LogP contribution in [0.3, 0.4) is 0 Å². The van der Waals surface area contributed by atoms with Gasteiger partial charge in [0.2, 0.25) is 5.88 Å². The minimum atomic E-state index is 0.270. The molecule has 4 heteroatoms. The molecule has 70 valence electrons. The second-order valence-corrected chi connectivity index (χ2v) is 3.88. The molecule has 0 amide bonds. The van der Waals surface area contributed by atoms with Crippen molar-refractivity contribution in [2.75, 3.05) is 13.1 Å². The van der Waals surface area contributed by atoms with Crippen LogP contribution in [0.5, 0.6) is 5.88 Å². The highest BCUT2D eigenvalue weighted by molar-refractivity contribution is 9.10. The fraction of sp³-hybridized carbons (Fsp3) is 0.444. The van der Waals surface area contributed by atoms with Crippen LogP contribution in [-0.2, 0) is 0 Å². The molecular weight excluding hydrogens is 232 g/mol. The van der Waals surface area contributed by atoms with Gasteiger partial charge >= 0.3 is 0 Å². The Morgan fingerprint density at radius 1 is 1.62 bits per heavy atom. The van der Waals surface area contributed by atoms with Crippen molar-refractivity contribution in [1.82, 2.24) is 10.3 Å². The Labute approximate surface area is 85.6 Å². The molecule has 1 aromatic rings. The van der Waals surface area contributed by atoms with Crippen molar-refractivity contribution in [3.05, 3.63) is 22.8 Å². The van der Waals surface area contributed by atoms with Crippen LogP contribution in [0, 0.1) is 0 Å². The lowest BCUT2D eigenvalue weighted by Crippen LogP contribution is -2.20. The number of pyridine rings is 1. The zero-order valence-electron chi connectivity index (χ0n) is 7.16. The van der Waals surface area contributed by atoms with Gasteiger partial charge in [-0.15, -0.1) is 0 Å². The quantitative estimate of drug-likeness (QED) is 0.856. The summed E-state index contributed by atoms with van der Waals surface area (Å²) >= 11 is 3.40. The van der Waals surface area contributed by atoms with Gasteiger partial charge in [-0.2, -0.15) is 0 Å². The lowest BCUT2D eigenvalue weighted by molar-refractivity contribution is 0.212. The van der Waals surface area contributed by atoms with Gasteiger partial charge in [-0.1, -0.05) is 0 Å². The van der Waals surface area contributed by atoms with Crippen LogP contribution in [-0.4, -0.2) is 24.2 Å². The topological polar surface area (TPSA) is 34.1 Å². The SMILES string of the molecule is Brc1cccnc1O[C@@H]1CCNC1. The summed E-state index contributed by atoms with van der Waals surface area (Å²) in [6.45, 7) is 1.96. The minimum absolute atomic E-state index is 0.270. The van der Waals surface area contributed by atoms with E-state index in [4.69, 9.17) is 4.74 Å². The van der Waals surface area contributed by atoms with Gasteiger partial charge in [-0.3, -0.25) is 0 Å². The van der Waals surface area contributed by atoms with E-state index in [1.54, 1.807) is 6.20 Å². The molecule has 1 saturated heterocycles. The smallest absolute Gasteiger partial charge is 0.228 e. The van der Waals surface area contributed by atoms with E-state index >= 15 is 0 Å².